The second-order valence-electron chi connectivity index (χ2n) is 7.88. The van der Waals surface area contributed by atoms with E-state index in [4.69, 9.17) is 4.74 Å². The fourth-order valence-corrected chi connectivity index (χ4v) is 3.84. The average Bonchev–Trinajstić information content (AvgIpc) is 2.83. The van der Waals surface area contributed by atoms with Crippen LogP contribution in [0.15, 0.2) is 78.9 Å². The number of aliphatic hydroxyl groups excluding tert-OH is 1. The van der Waals surface area contributed by atoms with E-state index in [0.29, 0.717) is 13.1 Å². The molecule has 0 saturated carbocycles. The molecule has 2 unspecified atom stereocenters. The number of halogens is 1. The van der Waals surface area contributed by atoms with Gasteiger partial charge in [-0.05, 0) is 42.2 Å². The number of hydrogen-bond donors (Lipinski definition) is 3. The third kappa shape index (κ3) is 5.91. The van der Waals surface area contributed by atoms with Crippen LogP contribution >= 0.6 is 0 Å². The summed E-state index contributed by atoms with van der Waals surface area (Å²) in [6.45, 7) is 0.305. The number of nitrogens with one attached hydrogen (secondary N) is 1. The zero-order chi connectivity index (χ0) is 22.8. The molecule has 0 heterocycles. The van der Waals surface area contributed by atoms with E-state index < -0.39 is 30.3 Å². The second kappa shape index (κ2) is 11.7. The van der Waals surface area contributed by atoms with Crippen molar-refractivity contribution in [2.24, 2.45) is 5.41 Å². The Hall–Kier alpha value is -2.80. The Balaban J connectivity index is 1.71. The number of benzene rings is 2. The van der Waals surface area contributed by atoms with Crippen molar-refractivity contribution < 1.29 is 24.1 Å². The molecule has 0 aromatic heterocycles. The van der Waals surface area contributed by atoms with Crippen LogP contribution in [-0.4, -0.2) is 48.7 Å². The highest BCUT2D eigenvalue weighted by Crippen LogP contribution is 2.38. The monoisotopic (exact) mass is 439 g/mol. The minimum Gasteiger partial charge on any atom is -0.481 e. The fourth-order valence-electron chi connectivity index (χ4n) is 3.84. The van der Waals surface area contributed by atoms with Crippen LogP contribution in [-0.2, 0) is 9.53 Å². The van der Waals surface area contributed by atoms with Gasteiger partial charge < -0.3 is 20.3 Å². The van der Waals surface area contributed by atoms with Gasteiger partial charge in [0, 0.05) is 13.2 Å². The maximum Gasteiger partial charge on any atom is 0.316 e. The normalized spacial score (nSPS) is 21.2. The highest BCUT2D eigenvalue weighted by atomic mass is 19.1. The molecule has 32 heavy (non-hydrogen) atoms. The lowest BCUT2D eigenvalue weighted by Gasteiger charge is -2.36. The van der Waals surface area contributed by atoms with Gasteiger partial charge >= 0.3 is 5.97 Å². The highest BCUT2D eigenvalue weighted by molar-refractivity contribution is 5.84. The van der Waals surface area contributed by atoms with Gasteiger partial charge in [-0.25, -0.2) is 0 Å². The quantitative estimate of drug-likeness (QED) is 0.433. The number of allylic oxidation sites excluding steroid dienone is 2. The van der Waals surface area contributed by atoms with Crippen molar-refractivity contribution in [3.63, 3.8) is 0 Å². The molecule has 2 aromatic rings. The Morgan fingerprint density at radius 1 is 1.12 bits per heavy atom. The first-order valence-corrected chi connectivity index (χ1v) is 10.9. The summed E-state index contributed by atoms with van der Waals surface area (Å²) in [5.74, 6) is -0.993. The molecule has 6 heteroatoms. The molecule has 0 spiro atoms. The van der Waals surface area contributed by atoms with Crippen molar-refractivity contribution in [2.75, 3.05) is 26.4 Å². The Bertz CT molecular complexity index is 916. The topological polar surface area (TPSA) is 78.8 Å². The van der Waals surface area contributed by atoms with Crippen LogP contribution in [0.25, 0.3) is 5.57 Å². The van der Waals surface area contributed by atoms with E-state index >= 15 is 0 Å². The number of carboxylic acid groups (broad SMARTS) is 1. The average molecular weight is 440 g/mol. The first-order chi connectivity index (χ1) is 15.6. The van der Waals surface area contributed by atoms with Crippen molar-refractivity contribution in [1.29, 1.82) is 0 Å². The van der Waals surface area contributed by atoms with Crippen molar-refractivity contribution in [1.82, 2.24) is 5.32 Å². The standard InChI is InChI=1S/C26H30FNO4/c27-15-7-17-32-24-18-22(20-8-3-1-4-9-20)12-13-26(24,25(30)31)14-16-28-19-23(29)21-10-5-2-6-11-21/h1-6,8-13,18,23-24,28-29H,7,14-17,19H2,(H,30,31)/t23-,24?,26?/m0/s1. The number of carboxylic acids is 1. The van der Waals surface area contributed by atoms with Crippen molar-refractivity contribution in [2.45, 2.75) is 25.0 Å². The summed E-state index contributed by atoms with van der Waals surface area (Å²) >= 11 is 0. The number of hydrogen-bond acceptors (Lipinski definition) is 4. The van der Waals surface area contributed by atoms with Crippen LogP contribution in [0.4, 0.5) is 4.39 Å². The zero-order valence-corrected chi connectivity index (χ0v) is 18.0. The molecule has 1 aliphatic rings. The van der Waals surface area contributed by atoms with Crippen LogP contribution in [0.5, 0.6) is 0 Å². The SMILES string of the molecule is O=C(O)C1(CCNC[C@H](O)c2ccccc2)C=CC(c2ccccc2)=CC1OCCCF. The van der Waals surface area contributed by atoms with E-state index in [-0.39, 0.29) is 19.4 Å². The summed E-state index contributed by atoms with van der Waals surface area (Å²) in [4.78, 5) is 12.4. The first-order valence-electron chi connectivity index (χ1n) is 10.9. The summed E-state index contributed by atoms with van der Waals surface area (Å²) in [6.07, 6.45) is 4.39. The Kier molecular flexibility index (Phi) is 8.73. The van der Waals surface area contributed by atoms with Gasteiger partial charge in [-0.2, -0.15) is 0 Å². The number of carbonyl (C=O) groups is 1. The molecule has 0 radical (unpaired) electrons. The predicted octanol–water partition coefficient (Wildman–Crippen LogP) is 4.17. The summed E-state index contributed by atoms with van der Waals surface area (Å²) in [7, 11) is 0. The van der Waals surface area contributed by atoms with Gasteiger partial charge in [0.15, 0.2) is 0 Å². The van der Waals surface area contributed by atoms with Gasteiger partial charge in [-0.3, -0.25) is 9.18 Å². The molecule has 0 fully saturated rings. The smallest absolute Gasteiger partial charge is 0.316 e. The van der Waals surface area contributed by atoms with Crippen LogP contribution in [0.1, 0.15) is 30.1 Å². The number of alkyl halides is 1. The van der Waals surface area contributed by atoms with E-state index in [9.17, 15) is 19.4 Å². The second-order valence-corrected chi connectivity index (χ2v) is 7.88. The van der Waals surface area contributed by atoms with E-state index in [2.05, 4.69) is 5.32 Å². The Labute approximate surface area is 188 Å². The molecular formula is C26H30FNO4. The van der Waals surface area contributed by atoms with E-state index in [1.165, 1.54) is 0 Å². The zero-order valence-electron chi connectivity index (χ0n) is 18.0. The lowest BCUT2D eigenvalue weighted by atomic mass is 9.74. The minimum absolute atomic E-state index is 0.142. The molecule has 3 rings (SSSR count). The number of ether oxygens (including phenoxy) is 1. The third-order valence-corrected chi connectivity index (χ3v) is 5.72. The molecule has 1 aliphatic carbocycles. The molecule has 3 atom stereocenters. The van der Waals surface area contributed by atoms with Gasteiger partial charge in [0.05, 0.1) is 18.9 Å². The highest BCUT2D eigenvalue weighted by Gasteiger charge is 2.45. The van der Waals surface area contributed by atoms with E-state index in [0.717, 1.165) is 16.7 Å². The number of aliphatic hydroxyl groups is 1. The minimum atomic E-state index is -1.28. The van der Waals surface area contributed by atoms with Gasteiger partial charge in [0.25, 0.3) is 0 Å². The molecule has 0 saturated heterocycles. The molecule has 5 nitrogen and oxygen atoms in total. The predicted molar refractivity (Wildman–Crippen MR) is 123 cm³/mol. The van der Waals surface area contributed by atoms with Crippen LogP contribution in [0, 0.1) is 5.41 Å². The summed E-state index contributed by atoms with van der Waals surface area (Å²) in [6, 6.07) is 19.0. The largest absolute Gasteiger partial charge is 0.481 e. The van der Waals surface area contributed by atoms with E-state index in [1.54, 1.807) is 6.08 Å². The number of aliphatic carboxylic acids is 1. The van der Waals surface area contributed by atoms with Crippen LogP contribution < -0.4 is 5.32 Å². The Morgan fingerprint density at radius 2 is 1.81 bits per heavy atom. The van der Waals surface area contributed by atoms with Gasteiger partial charge in [-0.1, -0.05) is 72.8 Å². The molecule has 0 amide bonds. The molecule has 0 aliphatic heterocycles. The molecule has 3 N–H and O–H groups in total. The summed E-state index contributed by atoms with van der Waals surface area (Å²) in [5.41, 5.74) is 1.36. The van der Waals surface area contributed by atoms with Crippen LogP contribution in [0.3, 0.4) is 0 Å². The molecule has 2 aromatic carbocycles. The van der Waals surface area contributed by atoms with Gasteiger partial charge in [-0.15, -0.1) is 0 Å². The fraction of sp³-hybridized carbons (Fsp3) is 0.346. The van der Waals surface area contributed by atoms with Crippen molar-refractivity contribution >= 4 is 11.5 Å². The van der Waals surface area contributed by atoms with Crippen molar-refractivity contribution in [3.8, 4) is 0 Å². The summed E-state index contributed by atoms with van der Waals surface area (Å²) < 4.78 is 18.5. The summed E-state index contributed by atoms with van der Waals surface area (Å²) in [5, 5.41) is 23.6. The van der Waals surface area contributed by atoms with Crippen molar-refractivity contribution in [3.05, 3.63) is 90.0 Å². The molecule has 0 bridgehead atoms. The van der Waals surface area contributed by atoms with Gasteiger partial charge in [0.2, 0.25) is 0 Å². The maximum atomic E-state index is 12.6. The number of rotatable bonds is 12. The molecule has 170 valence electrons. The molecular weight excluding hydrogens is 409 g/mol. The Morgan fingerprint density at radius 3 is 2.47 bits per heavy atom. The first kappa shape index (κ1) is 23.9. The lowest BCUT2D eigenvalue weighted by molar-refractivity contribution is -0.153. The maximum absolute atomic E-state index is 12.6. The van der Waals surface area contributed by atoms with E-state index in [1.807, 2.05) is 72.8 Å². The van der Waals surface area contributed by atoms with Gasteiger partial charge in [0.1, 0.15) is 5.41 Å². The lowest BCUT2D eigenvalue weighted by Crippen LogP contribution is -2.45. The third-order valence-electron chi connectivity index (χ3n) is 5.72. The van der Waals surface area contributed by atoms with Crippen LogP contribution in [0.2, 0.25) is 0 Å².